The predicted molar refractivity (Wildman–Crippen MR) is 56.1 cm³/mol. The van der Waals surface area contributed by atoms with Gasteiger partial charge in [-0.2, -0.15) is 0 Å². The summed E-state index contributed by atoms with van der Waals surface area (Å²) in [6.45, 7) is 0. The van der Waals surface area contributed by atoms with Gasteiger partial charge < -0.3 is 5.11 Å². The Hall–Kier alpha value is -1.000. The van der Waals surface area contributed by atoms with E-state index in [0.717, 1.165) is 15.9 Å². The van der Waals surface area contributed by atoms with Gasteiger partial charge in [0.15, 0.2) is 6.29 Å². The molecule has 13 heavy (non-hydrogen) atoms. The van der Waals surface area contributed by atoms with E-state index in [1.807, 2.05) is 0 Å². The SMILES string of the molecule is O=Cc1cc2c(O)ccc(S)c2s1. The fourth-order valence-corrected chi connectivity index (χ4v) is 2.41. The molecule has 66 valence electrons. The fourth-order valence-electron chi connectivity index (χ4n) is 1.17. The fraction of sp³-hybridized carbons (Fsp3) is 0. The lowest BCUT2D eigenvalue weighted by atomic mass is 10.2. The highest BCUT2D eigenvalue weighted by Gasteiger charge is 2.07. The van der Waals surface area contributed by atoms with Gasteiger partial charge in [-0.25, -0.2) is 0 Å². The summed E-state index contributed by atoms with van der Waals surface area (Å²) in [6.07, 6.45) is 0.775. The number of aromatic hydroxyl groups is 1. The van der Waals surface area contributed by atoms with Crippen molar-refractivity contribution in [3.8, 4) is 5.75 Å². The number of carbonyl (C=O) groups is 1. The number of phenols is 1. The highest BCUT2D eigenvalue weighted by molar-refractivity contribution is 7.80. The standard InChI is InChI=1S/C9H6O2S2/c10-4-5-3-6-7(11)1-2-8(12)9(6)13-5/h1-4,11-12H. The van der Waals surface area contributed by atoms with Crippen molar-refractivity contribution < 1.29 is 9.90 Å². The molecule has 0 bridgehead atoms. The van der Waals surface area contributed by atoms with Gasteiger partial charge in [0.1, 0.15) is 5.75 Å². The zero-order valence-electron chi connectivity index (χ0n) is 6.52. The first kappa shape index (κ1) is 8.59. The maximum absolute atomic E-state index is 10.5. The van der Waals surface area contributed by atoms with Crippen molar-refractivity contribution in [2.75, 3.05) is 0 Å². The van der Waals surface area contributed by atoms with Gasteiger partial charge in [-0.3, -0.25) is 4.79 Å². The van der Waals surface area contributed by atoms with Crippen molar-refractivity contribution >= 4 is 40.3 Å². The van der Waals surface area contributed by atoms with E-state index in [4.69, 9.17) is 0 Å². The Morgan fingerprint density at radius 3 is 2.85 bits per heavy atom. The zero-order chi connectivity index (χ0) is 9.42. The van der Waals surface area contributed by atoms with Crippen molar-refractivity contribution in [3.63, 3.8) is 0 Å². The molecule has 1 N–H and O–H groups in total. The third-order valence-electron chi connectivity index (χ3n) is 1.77. The van der Waals surface area contributed by atoms with Crippen LogP contribution in [-0.2, 0) is 0 Å². The summed E-state index contributed by atoms with van der Waals surface area (Å²) in [4.78, 5) is 11.9. The Morgan fingerprint density at radius 1 is 1.46 bits per heavy atom. The maximum atomic E-state index is 10.5. The topological polar surface area (TPSA) is 37.3 Å². The smallest absolute Gasteiger partial charge is 0.160 e. The molecule has 0 aliphatic carbocycles. The first-order chi connectivity index (χ1) is 6.22. The quantitative estimate of drug-likeness (QED) is 0.561. The minimum atomic E-state index is 0.192. The second kappa shape index (κ2) is 3.05. The first-order valence-electron chi connectivity index (χ1n) is 3.62. The molecular weight excluding hydrogens is 204 g/mol. The lowest BCUT2D eigenvalue weighted by molar-refractivity contribution is 0.112. The molecule has 1 heterocycles. The van der Waals surface area contributed by atoms with Gasteiger partial charge in [-0.15, -0.1) is 24.0 Å². The van der Waals surface area contributed by atoms with Crippen LogP contribution in [0.1, 0.15) is 9.67 Å². The number of hydrogen-bond donors (Lipinski definition) is 2. The largest absolute Gasteiger partial charge is 0.507 e. The molecule has 0 saturated heterocycles. The van der Waals surface area contributed by atoms with Crippen molar-refractivity contribution in [1.29, 1.82) is 0 Å². The van der Waals surface area contributed by atoms with Gasteiger partial charge >= 0.3 is 0 Å². The van der Waals surface area contributed by atoms with Crippen LogP contribution in [0.2, 0.25) is 0 Å². The average Bonchev–Trinajstić information content (AvgIpc) is 2.56. The van der Waals surface area contributed by atoms with Crippen LogP contribution >= 0.6 is 24.0 Å². The highest BCUT2D eigenvalue weighted by atomic mass is 32.1. The number of thiophene rings is 1. The molecule has 0 radical (unpaired) electrons. The van der Waals surface area contributed by atoms with Crippen LogP contribution in [0.4, 0.5) is 0 Å². The van der Waals surface area contributed by atoms with Gasteiger partial charge in [0, 0.05) is 10.3 Å². The molecule has 0 unspecified atom stereocenters. The summed E-state index contributed by atoms with van der Waals surface area (Å²) >= 11 is 5.57. The van der Waals surface area contributed by atoms with E-state index in [2.05, 4.69) is 12.6 Å². The summed E-state index contributed by atoms with van der Waals surface area (Å²) < 4.78 is 0.852. The van der Waals surface area contributed by atoms with E-state index in [9.17, 15) is 9.90 Å². The number of aldehydes is 1. The lowest BCUT2D eigenvalue weighted by Crippen LogP contribution is -1.68. The van der Waals surface area contributed by atoms with E-state index in [-0.39, 0.29) is 5.75 Å². The van der Waals surface area contributed by atoms with Crippen molar-refractivity contribution in [3.05, 3.63) is 23.1 Å². The summed E-state index contributed by atoms with van der Waals surface area (Å²) in [6, 6.07) is 4.96. The maximum Gasteiger partial charge on any atom is 0.160 e. The second-order valence-electron chi connectivity index (χ2n) is 2.61. The van der Waals surface area contributed by atoms with Crippen LogP contribution in [0.5, 0.6) is 5.75 Å². The second-order valence-corrected chi connectivity index (χ2v) is 4.18. The van der Waals surface area contributed by atoms with Crippen LogP contribution in [0.3, 0.4) is 0 Å². The molecule has 0 spiro atoms. The van der Waals surface area contributed by atoms with Gasteiger partial charge in [0.25, 0.3) is 0 Å². The van der Waals surface area contributed by atoms with Crippen LogP contribution < -0.4 is 0 Å². The van der Waals surface area contributed by atoms with Crippen molar-refractivity contribution in [2.24, 2.45) is 0 Å². The first-order valence-corrected chi connectivity index (χ1v) is 4.88. The van der Waals surface area contributed by atoms with Gasteiger partial charge in [0.2, 0.25) is 0 Å². The third kappa shape index (κ3) is 1.32. The van der Waals surface area contributed by atoms with Crippen LogP contribution in [-0.4, -0.2) is 11.4 Å². The molecule has 0 amide bonds. The van der Waals surface area contributed by atoms with E-state index < -0.39 is 0 Å². The molecule has 0 fully saturated rings. The molecule has 2 aromatic rings. The summed E-state index contributed by atoms with van der Waals surface area (Å²) in [7, 11) is 0. The lowest BCUT2D eigenvalue weighted by Gasteiger charge is -1.95. The number of fused-ring (bicyclic) bond motifs is 1. The van der Waals surface area contributed by atoms with Crippen molar-refractivity contribution in [2.45, 2.75) is 4.90 Å². The minimum absolute atomic E-state index is 0.192. The molecule has 0 aliphatic rings. The number of carbonyl (C=O) groups excluding carboxylic acids is 1. The summed E-state index contributed by atoms with van der Waals surface area (Å²) in [5, 5.41) is 10.2. The zero-order valence-corrected chi connectivity index (χ0v) is 8.23. The molecule has 2 nitrogen and oxygen atoms in total. The summed E-state index contributed by atoms with van der Waals surface area (Å²) in [5.74, 6) is 0.192. The van der Waals surface area contributed by atoms with E-state index in [1.165, 1.54) is 11.3 Å². The number of benzene rings is 1. The highest BCUT2D eigenvalue weighted by Crippen LogP contribution is 2.35. The third-order valence-corrected chi connectivity index (χ3v) is 3.39. The predicted octanol–water partition coefficient (Wildman–Crippen LogP) is 2.71. The van der Waals surface area contributed by atoms with Gasteiger partial charge in [0.05, 0.1) is 9.58 Å². The molecule has 0 aliphatic heterocycles. The molecule has 1 aromatic heterocycles. The van der Waals surface area contributed by atoms with E-state index in [1.54, 1.807) is 18.2 Å². The molecular formula is C9H6O2S2. The Labute approximate surface area is 84.2 Å². The van der Waals surface area contributed by atoms with Crippen LogP contribution in [0, 0.1) is 0 Å². The number of hydrogen-bond acceptors (Lipinski definition) is 4. The Kier molecular flexibility index (Phi) is 2.01. The van der Waals surface area contributed by atoms with E-state index in [0.29, 0.717) is 10.3 Å². The number of rotatable bonds is 1. The molecule has 1 aromatic carbocycles. The molecule has 4 heteroatoms. The Balaban J connectivity index is 2.87. The van der Waals surface area contributed by atoms with Gasteiger partial charge in [-0.1, -0.05) is 0 Å². The monoisotopic (exact) mass is 210 g/mol. The van der Waals surface area contributed by atoms with E-state index >= 15 is 0 Å². The molecule has 0 saturated carbocycles. The number of phenolic OH excluding ortho intramolecular Hbond substituents is 1. The minimum Gasteiger partial charge on any atom is -0.507 e. The Bertz CT molecular complexity index is 435. The average molecular weight is 210 g/mol. The van der Waals surface area contributed by atoms with Crippen molar-refractivity contribution in [1.82, 2.24) is 0 Å². The normalized spacial score (nSPS) is 10.5. The molecule has 0 atom stereocenters. The van der Waals surface area contributed by atoms with Crippen LogP contribution in [0.15, 0.2) is 23.1 Å². The summed E-state index contributed by atoms with van der Waals surface area (Å²) in [5.41, 5.74) is 0. The Morgan fingerprint density at radius 2 is 2.23 bits per heavy atom. The molecule has 2 rings (SSSR count). The van der Waals surface area contributed by atoms with Crippen LogP contribution in [0.25, 0.3) is 10.1 Å². The van der Waals surface area contributed by atoms with Gasteiger partial charge in [-0.05, 0) is 18.2 Å². The number of thiol groups is 1.